The Bertz CT molecular complexity index is 1110. The Kier molecular flexibility index (Phi) is 7.78. The van der Waals surface area contributed by atoms with E-state index in [4.69, 9.17) is 4.74 Å². The van der Waals surface area contributed by atoms with E-state index in [9.17, 15) is 36.2 Å². The zero-order valence-corrected chi connectivity index (χ0v) is 20.3. The quantitative estimate of drug-likeness (QED) is 0.375. The minimum Gasteiger partial charge on any atom is -0.489 e. The normalized spacial score (nSPS) is 20.9. The second kappa shape index (κ2) is 10.6. The molecule has 202 valence electrons. The lowest BCUT2D eigenvalue weighted by Crippen LogP contribution is -2.41. The fraction of sp³-hybridized carbons (Fsp3) is 0.519. The molecule has 2 aliphatic rings. The van der Waals surface area contributed by atoms with Crippen LogP contribution >= 0.6 is 0 Å². The molecular formula is C27H29F6NO3. The number of carboxylic acid groups (broad SMARTS) is 1. The molecule has 10 heteroatoms. The molecule has 3 atom stereocenters. The lowest BCUT2D eigenvalue weighted by Gasteiger charge is -2.33. The highest BCUT2D eigenvalue weighted by molar-refractivity contribution is 5.71. The highest BCUT2D eigenvalue weighted by Gasteiger charge is 2.39. The molecule has 1 N–H and O–H groups in total. The molecular weight excluding hydrogens is 500 g/mol. The maximum absolute atomic E-state index is 13.5. The van der Waals surface area contributed by atoms with Crippen LogP contribution in [-0.4, -0.2) is 35.2 Å². The number of rotatable bonds is 8. The summed E-state index contributed by atoms with van der Waals surface area (Å²) in [7, 11) is 0. The molecule has 1 saturated heterocycles. The maximum Gasteiger partial charge on any atom is 0.416 e. The Balaban J connectivity index is 1.48. The van der Waals surface area contributed by atoms with Crippen LogP contribution in [0.15, 0.2) is 42.5 Å². The second-order valence-corrected chi connectivity index (χ2v) is 10.0. The van der Waals surface area contributed by atoms with E-state index in [1.165, 1.54) is 0 Å². The molecule has 1 aliphatic carbocycles. The third-order valence-electron chi connectivity index (χ3n) is 7.20. The van der Waals surface area contributed by atoms with Crippen LogP contribution in [0.4, 0.5) is 26.3 Å². The van der Waals surface area contributed by atoms with E-state index in [2.05, 4.69) is 0 Å². The summed E-state index contributed by atoms with van der Waals surface area (Å²) in [5.74, 6) is -0.697. The number of alkyl halides is 6. The van der Waals surface area contributed by atoms with Crippen molar-refractivity contribution < 1.29 is 41.0 Å². The van der Waals surface area contributed by atoms with Crippen molar-refractivity contribution in [1.29, 1.82) is 0 Å². The van der Waals surface area contributed by atoms with Gasteiger partial charge >= 0.3 is 18.3 Å². The number of piperidine rings is 1. The van der Waals surface area contributed by atoms with Gasteiger partial charge in [-0.15, -0.1) is 0 Å². The Hall–Kier alpha value is -2.75. The van der Waals surface area contributed by atoms with Crippen LogP contribution in [0.2, 0.25) is 0 Å². The van der Waals surface area contributed by atoms with Crippen molar-refractivity contribution in [3.63, 3.8) is 0 Å². The molecule has 0 unspecified atom stereocenters. The number of likely N-dealkylation sites (tertiary alicyclic amines) is 1. The summed E-state index contributed by atoms with van der Waals surface area (Å²) >= 11 is 0. The van der Waals surface area contributed by atoms with Crippen LogP contribution in [0.3, 0.4) is 0 Å². The minimum absolute atomic E-state index is 0.134. The van der Waals surface area contributed by atoms with Crippen LogP contribution in [0.5, 0.6) is 5.75 Å². The van der Waals surface area contributed by atoms with Crippen molar-refractivity contribution in [3.8, 4) is 5.75 Å². The molecule has 2 aromatic rings. The average molecular weight is 530 g/mol. The molecule has 1 saturated carbocycles. The van der Waals surface area contributed by atoms with Gasteiger partial charge in [-0.1, -0.05) is 19.1 Å². The summed E-state index contributed by atoms with van der Waals surface area (Å²) in [6.07, 6.45) is -6.66. The van der Waals surface area contributed by atoms with Crippen molar-refractivity contribution in [2.75, 3.05) is 13.1 Å². The predicted octanol–water partition coefficient (Wildman–Crippen LogP) is 6.98. The largest absolute Gasteiger partial charge is 0.489 e. The number of nitrogens with zero attached hydrogens (tertiary/aromatic N) is 1. The van der Waals surface area contributed by atoms with Gasteiger partial charge in [0.1, 0.15) is 11.9 Å². The van der Waals surface area contributed by atoms with Gasteiger partial charge in [-0.05, 0) is 85.5 Å². The number of benzene rings is 2. The van der Waals surface area contributed by atoms with Crippen LogP contribution < -0.4 is 4.74 Å². The summed E-state index contributed by atoms with van der Waals surface area (Å²) < 4.78 is 86.2. The third-order valence-corrected chi connectivity index (χ3v) is 7.20. The molecule has 4 nitrogen and oxygen atoms in total. The van der Waals surface area contributed by atoms with Crippen LogP contribution in [0, 0.1) is 11.8 Å². The standard InChI is InChI=1S/C27H29F6NO3/c1-16(25(35)36)24(17-7-8-17)18-4-2-5-21(13-18)37-22-6-3-11-34(15-22)14-19-12-20(26(28,29)30)9-10-23(19)27(31,32)33/h2,4-5,9-10,12-13,16-17,22,24H,3,6-8,11,14-15H2,1H3,(H,35,36)/t16-,22+,24-/m0/s1. The SMILES string of the molecule is C[C@H](C(=O)O)[C@H](c1cccc(O[C@@H]2CCCN(Cc3cc(C(F)(F)F)ccc3C(F)(F)F)C2)c1)C1CC1. The monoisotopic (exact) mass is 529 g/mol. The summed E-state index contributed by atoms with van der Waals surface area (Å²) in [5, 5.41) is 9.53. The zero-order valence-electron chi connectivity index (χ0n) is 20.3. The van der Waals surface area contributed by atoms with Gasteiger partial charge in [0.2, 0.25) is 0 Å². The van der Waals surface area contributed by atoms with Crippen molar-refractivity contribution in [2.24, 2.45) is 11.8 Å². The van der Waals surface area contributed by atoms with Crippen molar-refractivity contribution >= 4 is 5.97 Å². The summed E-state index contributed by atoms with van der Waals surface area (Å²) in [5.41, 5.74) is -1.73. The molecule has 37 heavy (non-hydrogen) atoms. The van der Waals surface area contributed by atoms with Gasteiger partial charge in [-0.3, -0.25) is 9.69 Å². The lowest BCUT2D eigenvalue weighted by molar-refractivity contribution is -0.142. The van der Waals surface area contributed by atoms with E-state index in [0.29, 0.717) is 49.3 Å². The fourth-order valence-corrected chi connectivity index (χ4v) is 5.24. The number of halogens is 6. The van der Waals surface area contributed by atoms with Crippen LogP contribution in [-0.2, 0) is 23.7 Å². The number of aliphatic carboxylic acids is 1. The van der Waals surface area contributed by atoms with Crippen LogP contribution in [0.25, 0.3) is 0 Å². The number of hydrogen-bond donors (Lipinski definition) is 1. The first-order chi connectivity index (χ1) is 17.3. The van der Waals surface area contributed by atoms with Crippen molar-refractivity contribution in [1.82, 2.24) is 4.90 Å². The van der Waals surface area contributed by atoms with Crippen molar-refractivity contribution in [3.05, 3.63) is 64.7 Å². The topological polar surface area (TPSA) is 49.8 Å². The first kappa shape index (κ1) is 27.3. The van der Waals surface area contributed by atoms with E-state index < -0.39 is 40.9 Å². The first-order valence-corrected chi connectivity index (χ1v) is 12.3. The molecule has 1 aliphatic heterocycles. The molecule has 1 heterocycles. The van der Waals surface area contributed by atoms with Gasteiger partial charge in [0.15, 0.2) is 0 Å². The number of ether oxygens (including phenoxy) is 1. The first-order valence-electron chi connectivity index (χ1n) is 12.3. The molecule has 4 rings (SSSR count). The summed E-state index contributed by atoms with van der Waals surface area (Å²) in [6, 6.07) is 8.81. The average Bonchev–Trinajstić information content (AvgIpc) is 3.63. The fourth-order valence-electron chi connectivity index (χ4n) is 5.24. The van der Waals surface area contributed by atoms with E-state index in [1.54, 1.807) is 24.0 Å². The van der Waals surface area contributed by atoms with Gasteiger partial charge < -0.3 is 9.84 Å². The van der Waals surface area contributed by atoms with Gasteiger partial charge in [-0.25, -0.2) is 0 Å². The predicted molar refractivity (Wildman–Crippen MR) is 124 cm³/mol. The van der Waals surface area contributed by atoms with Crippen LogP contribution in [0.1, 0.15) is 60.8 Å². The van der Waals surface area contributed by atoms with Gasteiger partial charge in [0.25, 0.3) is 0 Å². The maximum atomic E-state index is 13.5. The lowest BCUT2D eigenvalue weighted by atomic mass is 9.83. The molecule has 0 radical (unpaired) electrons. The third kappa shape index (κ3) is 6.77. The zero-order chi connectivity index (χ0) is 27.0. The molecule has 2 fully saturated rings. The second-order valence-electron chi connectivity index (χ2n) is 10.0. The highest BCUT2D eigenvalue weighted by Crippen LogP contribution is 2.47. The smallest absolute Gasteiger partial charge is 0.416 e. The number of carboxylic acids is 1. The number of hydrogen-bond acceptors (Lipinski definition) is 3. The summed E-state index contributed by atoms with van der Waals surface area (Å²) in [6.45, 7) is 2.11. The molecule has 0 bridgehead atoms. The Labute approximate surface area is 211 Å². The van der Waals surface area contributed by atoms with Crippen molar-refractivity contribution in [2.45, 2.75) is 63.5 Å². The van der Waals surface area contributed by atoms with Gasteiger partial charge in [0.05, 0.1) is 17.0 Å². The van der Waals surface area contributed by atoms with Gasteiger partial charge in [-0.2, -0.15) is 26.3 Å². The van der Waals surface area contributed by atoms with E-state index in [0.717, 1.165) is 18.4 Å². The molecule has 0 spiro atoms. The Morgan fingerprint density at radius 1 is 1.05 bits per heavy atom. The highest BCUT2D eigenvalue weighted by atomic mass is 19.4. The Morgan fingerprint density at radius 3 is 2.41 bits per heavy atom. The van der Waals surface area contributed by atoms with E-state index in [1.807, 2.05) is 12.1 Å². The van der Waals surface area contributed by atoms with E-state index >= 15 is 0 Å². The Morgan fingerprint density at radius 2 is 1.78 bits per heavy atom. The molecule has 0 aromatic heterocycles. The van der Waals surface area contributed by atoms with Gasteiger partial charge in [0, 0.05) is 13.1 Å². The molecule has 0 amide bonds. The molecule has 2 aromatic carbocycles. The number of carbonyl (C=O) groups is 1. The van der Waals surface area contributed by atoms with E-state index in [-0.39, 0.29) is 25.1 Å². The minimum atomic E-state index is -4.77. The summed E-state index contributed by atoms with van der Waals surface area (Å²) in [4.78, 5) is 13.3.